The Kier molecular flexibility index (Phi) is 15.3. The lowest BCUT2D eigenvalue weighted by Crippen LogP contribution is -2.13. The molecule has 0 aliphatic carbocycles. The lowest BCUT2D eigenvalue weighted by atomic mass is 10.1. The predicted molar refractivity (Wildman–Crippen MR) is 99.2 cm³/mol. The molecule has 0 amide bonds. The van der Waals surface area contributed by atoms with Crippen molar-refractivity contribution < 1.29 is 9.90 Å². The second-order valence-electron chi connectivity index (χ2n) is 5.03. The molecule has 2 nitrogen and oxygen atoms in total. The third-order valence-corrected chi connectivity index (χ3v) is 4.26. The molecule has 3 heteroatoms. The van der Waals surface area contributed by atoms with E-state index in [9.17, 15) is 4.79 Å². The molecule has 0 heterocycles. The Morgan fingerprint density at radius 3 is 2.27 bits per heavy atom. The summed E-state index contributed by atoms with van der Waals surface area (Å²) >= 11 is 1.35. The Morgan fingerprint density at radius 1 is 0.955 bits per heavy atom. The van der Waals surface area contributed by atoms with Crippen molar-refractivity contribution in [3.63, 3.8) is 0 Å². The van der Waals surface area contributed by atoms with Crippen LogP contribution in [0.25, 0.3) is 0 Å². The van der Waals surface area contributed by atoms with E-state index < -0.39 is 5.97 Å². The van der Waals surface area contributed by atoms with Crippen LogP contribution < -0.4 is 0 Å². The Bertz CT molecular complexity index is 381. The number of thioether (sulfide) groups is 1. The lowest BCUT2D eigenvalue weighted by molar-refractivity contribution is -0.136. The van der Waals surface area contributed by atoms with Gasteiger partial charge in [0.25, 0.3) is 0 Å². The van der Waals surface area contributed by atoms with Crippen molar-refractivity contribution in [1.82, 2.24) is 0 Å². The molecule has 0 aliphatic heterocycles. The normalized spacial score (nSPS) is 13.9. The standard InChI is InChI=1S/C19H30O2S/c1-3-5-6-7-8-9-10-11-12-13-14-15-16-17-22-18(4-2)19(20)21/h5-6,12-18H,3-4,7-11H2,1-2H3,(H,20,21). The van der Waals surface area contributed by atoms with Gasteiger partial charge in [0.15, 0.2) is 0 Å². The molecule has 124 valence electrons. The predicted octanol–water partition coefficient (Wildman–Crippen LogP) is 6.13. The van der Waals surface area contributed by atoms with Gasteiger partial charge >= 0.3 is 5.97 Å². The zero-order valence-electron chi connectivity index (χ0n) is 13.9. The molecule has 0 rings (SSSR count). The number of unbranched alkanes of at least 4 members (excludes halogenated alkanes) is 4. The molecule has 0 fully saturated rings. The Hall–Kier alpha value is -1.22. The molecule has 22 heavy (non-hydrogen) atoms. The van der Waals surface area contributed by atoms with E-state index in [2.05, 4.69) is 31.2 Å². The van der Waals surface area contributed by atoms with E-state index in [1.54, 1.807) is 0 Å². The van der Waals surface area contributed by atoms with Crippen LogP contribution >= 0.6 is 11.8 Å². The summed E-state index contributed by atoms with van der Waals surface area (Å²) in [6, 6.07) is 0. The van der Waals surface area contributed by atoms with Crippen LogP contribution in [0.5, 0.6) is 0 Å². The van der Waals surface area contributed by atoms with Crippen molar-refractivity contribution in [2.75, 3.05) is 0 Å². The summed E-state index contributed by atoms with van der Waals surface area (Å²) in [5.41, 5.74) is 0. The van der Waals surface area contributed by atoms with Crippen molar-refractivity contribution in [2.45, 2.75) is 64.0 Å². The average molecular weight is 323 g/mol. The quantitative estimate of drug-likeness (QED) is 0.252. The van der Waals surface area contributed by atoms with Crippen molar-refractivity contribution >= 4 is 17.7 Å². The number of hydrogen-bond acceptors (Lipinski definition) is 2. The van der Waals surface area contributed by atoms with Crippen LogP contribution in [0.1, 0.15) is 58.8 Å². The molecule has 0 saturated heterocycles. The first-order valence-corrected chi connectivity index (χ1v) is 9.18. The minimum Gasteiger partial charge on any atom is -0.480 e. The summed E-state index contributed by atoms with van der Waals surface area (Å²) in [5.74, 6) is -0.744. The summed E-state index contributed by atoms with van der Waals surface area (Å²) in [6.07, 6.45) is 22.5. The molecule has 0 aromatic heterocycles. The number of allylic oxidation sites excluding steroid dienone is 7. The average Bonchev–Trinajstić information content (AvgIpc) is 2.51. The number of carbonyl (C=O) groups is 1. The maximum absolute atomic E-state index is 10.8. The number of rotatable bonds is 13. The largest absolute Gasteiger partial charge is 0.480 e. The third-order valence-electron chi connectivity index (χ3n) is 3.08. The van der Waals surface area contributed by atoms with Crippen LogP contribution in [0, 0.1) is 0 Å². The minimum absolute atomic E-state index is 0.340. The molecule has 0 bridgehead atoms. The van der Waals surface area contributed by atoms with Crippen molar-refractivity contribution in [1.29, 1.82) is 0 Å². The summed E-state index contributed by atoms with van der Waals surface area (Å²) in [5, 5.41) is 10.4. The van der Waals surface area contributed by atoms with Gasteiger partial charge in [-0.15, -0.1) is 11.8 Å². The van der Waals surface area contributed by atoms with E-state index in [0.717, 1.165) is 12.8 Å². The Balaban J connectivity index is 3.59. The van der Waals surface area contributed by atoms with Gasteiger partial charge in [-0.1, -0.05) is 62.8 Å². The van der Waals surface area contributed by atoms with Gasteiger partial charge in [-0.25, -0.2) is 0 Å². The highest BCUT2D eigenvalue weighted by Crippen LogP contribution is 2.15. The molecule has 0 aromatic rings. The van der Waals surface area contributed by atoms with Crippen molar-refractivity contribution in [3.05, 3.63) is 47.9 Å². The van der Waals surface area contributed by atoms with E-state index >= 15 is 0 Å². The van der Waals surface area contributed by atoms with Gasteiger partial charge in [-0.3, -0.25) is 4.79 Å². The molecule has 1 N–H and O–H groups in total. The Labute approximate surface area is 140 Å². The number of carboxylic acid groups (broad SMARTS) is 1. The second kappa shape index (κ2) is 16.2. The molecular weight excluding hydrogens is 292 g/mol. The monoisotopic (exact) mass is 322 g/mol. The first-order chi connectivity index (χ1) is 10.7. The molecule has 0 aromatic carbocycles. The summed E-state index contributed by atoms with van der Waals surface area (Å²) in [4.78, 5) is 10.8. The first kappa shape index (κ1) is 20.8. The molecule has 0 aliphatic rings. The van der Waals surface area contributed by atoms with Crippen LogP contribution in [0.15, 0.2) is 47.9 Å². The van der Waals surface area contributed by atoms with Gasteiger partial charge in [0, 0.05) is 0 Å². The summed E-state index contributed by atoms with van der Waals surface area (Å²) in [6.45, 7) is 4.05. The first-order valence-electron chi connectivity index (χ1n) is 8.24. The maximum atomic E-state index is 10.8. The van der Waals surface area contributed by atoms with Crippen LogP contribution in [-0.4, -0.2) is 16.3 Å². The molecule has 0 spiro atoms. The van der Waals surface area contributed by atoms with E-state index in [1.165, 1.54) is 37.4 Å². The smallest absolute Gasteiger partial charge is 0.316 e. The molecule has 1 atom stereocenters. The second-order valence-corrected chi connectivity index (χ2v) is 6.14. The van der Waals surface area contributed by atoms with Gasteiger partial charge in [0.05, 0.1) is 0 Å². The SMILES string of the molecule is CCC=CCCCCCC=CC=CC=CSC(CC)C(=O)O. The third kappa shape index (κ3) is 13.7. The zero-order valence-corrected chi connectivity index (χ0v) is 14.7. The van der Waals surface area contributed by atoms with E-state index in [1.807, 2.05) is 30.6 Å². The van der Waals surface area contributed by atoms with E-state index in [-0.39, 0.29) is 5.25 Å². The fourth-order valence-corrected chi connectivity index (χ4v) is 2.48. The van der Waals surface area contributed by atoms with Crippen molar-refractivity contribution in [2.24, 2.45) is 0 Å². The number of aliphatic carboxylic acids is 1. The minimum atomic E-state index is -0.744. The molecule has 0 radical (unpaired) electrons. The van der Waals surface area contributed by atoms with E-state index in [0.29, 0.717) is 6.42 Å². The molecule has 1 unspecified atom stereocenters. The maximum Gasteiger partial charge on any atom is 0.316 e. The van der Waals surface area contributed by atoms with Crippen LogP contribution in [-0.2, 0) is 4.79 Å². The van der Waals surface area contributed by atoms with Crippen molar-refractivity contribution in [3.8, 4) is 0 Å². The van der Waals surface area contributed by atoms with E-state index in [4.69, 9.17) is 5.11 Å². The van der Waals surface area contributed by atoms with Gasteiger partial charge in [-0.05, 0) is 43.9 Å². The topological polar surface area (TPSA) is 37.3 Å². The highest BCUT2D eigenvalue weighted by atomic mass is 32.2. The highest BCUT2D eigenvalue weighted by molar-refractivity contribution is 8.03. The Morgan fingerprint density at radius 2 is 1.64 bits per heavy atom. The fourth-order valence-electron chi connectivity index (χ4n) is 1.80. The van der Waals surface area contributed by atoms with Gasteiger partial charge in [-0.2, -0.15) is 0 Å². The lowest BCUT2D eigenvalue weighted by Gasteiger charge is -2.03. The van der Waals surface area contributed by atoms with Gasteiger partial charge < -0.3 is 5.11 Å². The highest BCUT2D eigenvalue weighted by Gasteiger charge is 2.12. The summed E-state index contributed by atoms with van der Waals surface area (Å²) in [7, 11) is 0. The summed E-state index contributed by atoms with van der Waals surface area (Å²) < 4.78 is 0. The molecule has 0 saturated carbocycles. The van der Waals surface area contributed by atoms with Crippen LogP contribution in [0.2, 0.25) is 0 Å². The molecular formula is C19H30O2S. The zero-order chi connectivity index (χ0) is 16.5. The van der Waals surface area contributed by atoms with Gasteiger partial charge in [0.1, 0.15) is 5.25 Å². The van der Waals surface area contributed by atoms with Crippen LogP contribution in [0.3, 0.4) is 0 Å². The fraction of sp³-hybridized carbons (Fsp3) is 0.526. The van der Waals surface area contributed by atoms with Gasteiger partial charge in [0.2, 0.25) is 0 Å². The number of hydrogen-bond donors (Lipinski definition) is 1. The number of carboxylic acids is 1. The van der Waals surface area contributed by atoms with Crippen LogP contribution in [0.4, 0.5) is 0 Å².